The number of azide groups is 2. The Kier molecular flexibility index (Phi) is 26.4. The van der Waals surface area contributed by atoms with Crippen molar-refractivity contribution < 1.29 is 85.6 Å². The lowest BCUT2D eigenvalue weighted by Crippen LogP contribution is -2.66. The highest BCUT2D eigenvalue weighted by atomic mass is 16.8. The molecule has 0 aliphatic carbocycles. The highest BCUT2D eigenvalue weighted by Crippen LogP contribution is 2.42. The van der Waals surface area contributed by atoms with E-state index in [4.69, 9.17) is 61.6 Å². The van der Waals surface area contributed by atoms with E-state index in [-0.39, 0.29) is 19.8 Å². The average Bonchev–Trinajstić information content (AvgIpc) is 0.915. The first kappa shape index (κ1) is 68.8. The van der Waals surface area contributed by atoms with E-state index in [9.17, 15) is 35.0 Å². The quantitative estimate of drug-likeness (QED) is 0.0163. The van der Waals surface area contributed by atoms with E-state index < -0.39 is 152 Å². The number of ketones is 1. The van der Waals surface area contributed by atoms with Gasteiger partial charge in [-0.2, -0.15) is 0 Å². The molecule has 25 heteroatoms. The van der Waals surface area contributed by atoms with Gasteiger partial charge in [0, 0.05) is 49.3 Å². The normalized spacial score (nSPS) is 32.0. The number of hydrogen-bond donors (Lipinski definition) is 0. The summed E-state index contributed by atoms with van der Waals surface area (Å²) < 4.78 is 82.1. The molecule has 4 saturated heterocycles. The van der Waals surface area contributed by atoms with Gasteiger partial charge in [0.15, 0.2) is 49.3 Å². The summed E-state index contributed by atoms with van der Waals surface area (Å²) in [6, 6.07) is 26.2. The molecule has 0 aromatic heterocycles. The van der Waals surface area contributed by atoms with E-state index in [1.54, 1.807) is 18.7 Å². The second kappa shape index (κ2) is 33.7. The number of amides is 1. The van der Waals surface area contributed by atoms with Gasteiger partial charge in [0.05, 0.1) is 50.2 Å². The number of hydrogen-bond acceptors (Lipinski definition) is 20. The first-order valence-corrected chi connectivity index (χ1v) is 30.3. The zero-order valence-electron chi connectivity index (χ0n) is 51.8. The monoisotopic (exact) mass is 1230 g/mol. The lowest BCUT2D eigenvalue weighted by molar-refractivity contribution is -0.364. The Morgan fingerprint density at radius 3 is 1.57 bits per heavy atom. The Labute approximate surface area is 513 Å². The van der Waals surface area contributed by atoms with Crippen molar-refractivity contribution in [2.45, 2.75) is 212 Å². The number of ether oxygens (including phenoxy) is 13. The van der Waals surface area contributed by atoms with Crippen LogP contribution in [-0.2, 0) is 101 Å². The fourth-order valence-corrected chi connectivity index (χ4v) is 11.8. The lowest BCUT2D eigenvalue weighted by atomic mass is 9.83. The largest absolute Gasteiger partial charge is 0.467 e. The van der Waals surface area contributed by atoms with Crippen LogP contribution in [0.4, 0.5) is 4.79 Å². The average molecular weight is 1230 g/mol. The van der Waals surface area contributed by atoms with Crippen LogP contribution in [0.15, 0.2) is 101 Å². The Morgan fingerprint density at radius 2 is 1.03 bits per heavy atom. The third kappa shape index (κ3) is 18.0. The van der Waals surface area contributed by atoms with Crippen molar-refractivity contribution in [3.63, 3.8) is 0 Å². The number of methoxy groups -OCH3 is 1. The maximum absolute atomic E-state index is 14.1. The molecule has 0 N–H and O–H groups in total. The minimum absolute atomic E-state index is 0.0735. The standard InChI is InChI=1S/C63H85N7O18/c1-11-46-50(38(5)48(66-68-64)59(82-46)77-32-24-16-23-31-70(33-43-25-17-13-18-26-43)63(75)79-35-45-29-21-15-22-30-45)85-62-57(81-42(9)73)55(78-34-44-27-19-14-20-28-44)56(54(87-62)40(7)71)88-60-49(67-69-65)39(6)51(47(12-2)83-60)84-61-53(80-41(8)72)37(4)36(3)52(86-61)58(74)76-10/h13-15,17-22,25-30,36-39,46-57,59-62H,11-12,16,23-24,31-35H2,1-10H3/t36-,37-,38?,39+,46?,47?,48?,49?,50-,51-,52?,53?,54-,55?,56+,57?,59-,60+,61+,62+/m0/s1. The molecule has 1 amide bonds. The third-order valence-electron chi connectivity index (χ3n) is 16.7. The number of carbonyl (C=O) groups is 5. The second-order valence-corrected chi connectivity index (χ2v) is 22.8. The summed E-state index contributed by atoms with van der Waals surface area (Å²) in [7, 11) is 1.24. The van der Waals surface area contributed by atoms with Crippen molar-refractivity contribution in [2.24, 2.45) is 33.9 Å². The van der Waals surface area contributed by atoms with E-state index in [1.165, 1.54) is 27.9 Å². The molecule has 9 unspecified atom stereocenters. The highest BCUT2D eigenvalue weighted by molar-refractivity contribution is 5.81. The van der Waals surface area contributed by atoms with Gasteiger partial charge < -0.3 is 66.5 Å². The molecule has 7 rings (SSSR count). The number of Topliss-reactive ketones (excluding diaryl/α,β-unsaturated/α-hetero) is 1. The molecular weight excluding hydrogens is 1140 g/mol. The molecule has 88 heavy (non-hydrogen) atoms. The van der Waals surface area contributed by atoms with Gasteiger partial charge >= 0.3 is 24.0 Å². The van der Waals surface area contributed by atoms with E-state index in [2.05, 4.69) is 20.1 Å². The number of rotatable bonds is 28. The van der Waals surface area contributed by atoms with E-state index in [1.807, 2.05) is 119 Å². The van der Waals surface area contributed by atoms with Crippen LogP contribution >= 0.6 is 0 Å². The van der Waals surface area contributed by atoms with Crippen molar-refractivity contribution in [1.82, 2.24) is 4.90 Å². The second-order valence-electron chi connectivity index (χ2n) is 22.8. The maximum atomic E-state index is 14.1. The molecule has 4 aliphatic rings. The smallest absolute Gasteiger partial charge is 0.410 e. The van der Waals surface area contributed by atoms with Crippen LogP contribution in [0.3, 0.4) is 0 Å². The summed E-state index contributed by atoms with van der Waals surface area (Å²) in [5.74, 6) is -4.77. The molecule has 0 saturated carbocycles. The van der Waals surface area contributed by atoms with Crippen molar-refractivity contribution >= 4 is 29.8 Å². The Morgan fingerprint density at radius 1 is 0.534 bits per heavy atom. The topological polar surface area (TPSA) is 306 Å². The number of nitrogens with zero attached hydrogens (tertiary/aromatic N) is 7. The van der Waals surface area contributed by atoms with Crippen LogP contribution in [0.25, 0.3) is 20.9 Å². The van der Waals surface area contributed by atoms with Crippen LogP contribution < -0.4 is 0 Å². The van der Waals surface area contributed by atoms with Crippen molar-refractivity contribution in [3.05, 3.63) is 129 Å². The fraction of sp³-hybridized carbons (Fsp3) is 0.635. The van der Waals surface area contributed by atoms with Gasteiger partial charge in [-0.3, -0.25) is 14.4 Å². The predicted molar refractivity (Wildman–Crippen MR) is 314 cm³/mol. The summed E-state index contributed by atoms with van der Waals surface area (Å²) in [4.78, 5) is 74.3. The summed E-state index contributed by atoms with van der Waals surface area (Å²) in [5, 5.41) is 8.29. The fourth-order valence-electron chi connectivity index (χ4n) is 11.8. The molecule has 480 valence electrons. The zero-order chi connectivity index (χ0) is 63.4. The van der Waals surface area contributed by atoms with E-state index >= 15 is 0 Å². The summed E-state index contributed by atoms with van der Waals surface area (Å²) >= 11 is 0. The predicted octanol–water partition coefficient (Wildman–Crippen LogP) is 10.0. The summed E-state index contributed by atoms with van der Waals surface area (Å²) in [6.45, 7) is 15.7. The molecule has 0 bridgehead atoms. The number of benzene rings is 3. The Bertz CT molecular complexity index is 2820. The van der Waals surface area contributed by atoms with Gasteiger partial charge in [-0.15, -0.1) is 0 Å². The molecule has 25 nitrogen and oxygen atoms in total. The van der Waals surface area contributed by atoms with Crippen LogP contribution in [0, 0.1) is 23.7 Å². The van der Waals surface area contributed by atoms with Gasteiger partial charge in [-0.05, 0) is 84.5 Å². The SMILES string of the molecule is CCC1O[C@H](OCCCCCN(Cc2ccccc2)C(=O)OCc2ccccc2)C(N=[N+]=[N-])C(C)[C@@H]1O[C@@H]1O[C@@H](C(C)=O)[C@@H](O[C@H]2OC(CC)[C@@H](O[C@@H]3OC(C(=O)OC)[C@@H](C)[C@H](C)C3OC(C)=O)[C@H](C)C2N=[N+]=[N-])C(OCc2ccccc2)C1OC(C)=O. The van der Waals surface area contributed by atoms with Crippen LogP contribution in [0.5, 0.6) is 0 Å². The van der Waals surface area contributed by atoms with Crippen molar-refractivity contribution in [2.75, 3.05) is 20.3 Å². The Hall–Kier alpha value is -6.73. The molecule has 4 heterocycles. The van der Waals surface area contributed by atoms with Crippen LogP contribution in [0.2, 0.25) is 0 Å². The zero-order valence-corrected chi connectivity index (χ0v) is 51.8. The minimum Gasteiger partial charge on any atom is -0.467 e. The molecule has 0 radical (unpaired) electrons. The first-order chi connectivity index (χ1) is 42.4. The lowest BCUT2D eigenvalue weighted by Gasteiger charge is -2.51. The molecule has 4 fully saturated rings. The number of esters is 3. The number of carbonyl (C=O) groups excluding carboxylic acids is 5. The van der Waals surface area contributed by atoms with E-state index in [0.29, 0.717) is 45.2 Å². The minimum atomic E-state index is -1.52. The van der Waals surface area contributed by atoms with Crippen LogP contribution in [-0.4, -0.2) is 153 Å². The highest BCUT2D eigenvalue weighted by Gasteiger charge is 2.57. The molecule has 0 spiro atoms. The van der Waals surface area contributed by atoms with Gasteiger partial charge in [-0.25, -0.2) is 9.59 Å². The molecule has 20 atom stereocenters. The molecular formula is C63H85N7O18. The molecule has 4 aliphatic heterocycles. The summed E-state index contributed by atoms with van der Waals surface area (Å²) in [5.41, 5.74) is 22.6. The van der Waals surface area contributed by atoms with Crippen molar-refractivity contribution in [1.29, 1.82) is 0 Å². The molecule has 3 aromatic carbocycles. The summed E-state index contributed by atoms with van der Waals surface area (Å²) in [6.07, 6.45) is -14.2. The van der Waals surface area contributed by atoms with Gasteiger partial charge in [0.2, 0.25) is 0 Å². The first-order valence-electron chi connectivity index (χ1n) is 30.3. The van der Waals surface area contributed by atoms with Gasteiger partial charge in [-0.1, -0.05) is 143 Å². The maximum Gasteiger partial charge on any atom is 0.410 e. The van der Waals surface area contributed by atoms with Crippen molar-refractivity contribution in [3.8, 4) is 0 Å². The third-order valence-corrected chi connectivity index (χ3v) is 16.7. The van der Waals surface area contributed by atoms with Gasteiger partial charge in [0.1, 0.15) is 24.9 Å². The van der Waals surface area contributed by atoms with E-state index in [0.717, 1.165) is 16.7 Å². The Balaban J connectivity index is 1.09. The number of unbranched alkanes of at least 4 members (excludes halogenated alkanes) is 2. The van der Waals surface area contributed by atoms with Crippen LogP contribution in [0.1, 0.15) is 111 Å². The molecule has 3 aromatic rings. The van der Waals surface area contributed by atoms with Gasteiger partial charge in [0.25, 0.3) is 0 Å².